The fraction of sp³-hybridized carbons (Fsp3) is 0.316. The molecular formula is C19H19ClN4O3. The minimum Gasteiger partial charge on any atom is -0.481 e. The zero-order valence-electron chi connectivity index (χ0n) is 14.9. The van der Waals surface area contributed by atoms with Crippen LogP contribution in [-0.4, -0.2) is 36.7 Å². The van der Waals surface area contributed by atoms with E-state index >= 15 is 0 Å². The fourth-order valence-corrected chi connectivity index (χ4v) is 4.00. The second-order valence-electron chi connectivity index (χ2n) is 6.58. The number of rotatable bonds is 3. The Balaban J connectivity index is 1.75. The first-order valence-electron chi connectivity index (χ1n) is 8.73. The van der Waals surface area contributed by atoms with E-state index in [4.69, 9.17) is 21.3 Å². The van der Waals surface area contributed by atoms with Crippen LogP contribution in [-0.2, 0) is 4.74 Å². The van der Waals surface area contributed by atoms with Gasteiger partial charge in [0.25, 0.3) is 5.69 Å². The Morgan fingerprint density at radius 3 is 2.70 bits per heavy atom. The summed E-state index contributed by atoms with van der Waals surface area (Å²) in [6.45, 7) is 2.42. The van der Waals surface area contributed by atoms with Crippen LogP contribution in [0.15, 0.2) is 47.5 Å². The molecule has 2 aliphatic heterocycles. The molecule has 2 aromatic carbocycles. The lowest BCUT2D eigenvalue weighted by Crippen LogP contribution is -2.49. The van der Waals surface area contributed by atoms with Gasteiger partial charge in [-0.25, -0.2) is 4.99 Å². The number of halogens is 1. The molecule has 7 nitrogen and oxygen atoms in total. The first-order valence-corrected chi connectivity index (χ1v) is 9.11. The van der Waals surface area contributed by atoms with Crippen molar-refractivity contribution in [3.63, 3.8) is 0 Å². The molecule has 3 atom stereocenters. The van der Waals surface area contributed by atoms with E-state index < -0.39 is 4.92 Å². The van der Waals surface area contributed by atoms with Crippen molar-refractivity contribution in [2.75, 3.05) is 23.9 Å². The van der Waals surface area contributed by atoms with Crippen LogP contribution in [0.1, 0.15) is 18.4 Å². The molecule has 0 unspecified atom stereocenters. The summed E-state index contributed by atoms with van der Waals surface area (Å²) in [4.78, 5) is 17.5. The number of anilines is 2. The molecule has 2 heterocycles. The largest absolute Gasteiger partial charge is 0.481 e. The smallest absolute Gasteiger partial charge is 0.269 e. The van der Waals surface area contributed by atoms with Gasteiger partial charge in [0, 0.05) is 24.2 Å². The standard InChI is InChI=1S/C19H19ClN4O3/c1-3-27-19-16(11-4-7-13(8-5-11)24(25)26)17-18(22-19)21-14-9-6-12(20)10-15(14)23(17)2/h4-10,16-18,21H,3H2,1-2H3/t16-,17+,18+/m1/s1. The van der Waals surface area contributed by atoms with Crippen LogP contribution in [0.25, 0.3) is 0 Å². The lowest BCUT2D eigenvalue weighted by molar-refractivity contribution is -0.384. The summed E-state index contributed by atoms with van der Waals surface area (Å²) >= 11 is 6.19. The van der Waals surface area contributed by atoms with Crippen molar-refractivity contribution in [2.24, 2.45) is 4.99 Å². The van der Waals surface area contributed by atoms with Gasteiger partial charge >= 0.3 is 0 Å². The summed E-state index contributed by atoms with van der Waals surface area (Å²) < 4.78 is 5.83. The molecular weight excluding hydrogens is 368 g/mol. The Hall–Kier alpha value is -2.80. The number of nitro groups is 1. The van der Waals surface area contributed by atoms with E-state index in [1.54, 1.807) is 12.1 Å². The van der Waals surface area contributed by atoms with Crippen molar-refractivity contribution in [3.8, 4) is 0 Å². The highest BCUT2D eigenvalue weighted by atomic mass is 35.5. The van der Waals surface area contributed by atoms with Crippen molar-refractivity contribution in [1.82, 2.24) is 0 Å². The maximum Gasteiger partial charge on any atom is 0.269 e. The lowest BCUT2D eigenvalue weighted by Gasteiger charge is -2.40. The van der Waals surface area contributed by atoms with E-state index in [0.29, 0.717) is 17.5 Å². The molecule has 0 spiro atoms. The maximum absolute atomic E-state index is 11.0. The van der Waals surface area contributed by atoms with Gasteiger partial charge in [0.05, 0.1) is 34.9 Å². The summed E-state index contributed by atoms with van der Waals surface area (Å²) in [5, 5.41) is 15.1. The van der Waals surface area contributed by atoms with E-state index in [9.17, 15) is 10.1 Å². The van der Waals surface area contributed by atoms with Gasteiger partial charge in [-0.1, -0.05) is 23.7 Å². The van der Waals surface area contributed by atoms with Gasteiger partial charge in [-0.05, 0) is 30.7 Å². The Labute approximate surface area is 161 Å². The molecule has 27 heavy (non-hydrogen) atoms. The molecule has 0 saturated carbocycles. The van der Waals surface area contributed by atoms with E-state index in [1.165, 1.54) is 12.1 Å². The Kier molecular flexibility index (Phi) is 4.39. The van der Waals surface area contributed by atoms with Crippen LogP contribution in [0.3, 0.4) is 0 Å². The number of nitrogens with one attached hydrogen (secondary N) is 1. The first kappa shape index (κ1) is 17.6. The molecule has 1 N–H and O–H groups in total. The predicted octanol–water partition coefficient (Wildman–Crippen LogP) is 4.04. The number of nitrogens with zero attached hydrogens (tertiary/aromatic N) is 3. The summed E-state index contributed by atoms with van der Waals surface area (Å²) in [6, 6.07) is 12.3. The Morgan fingerprint density at radius 1 is 1.30 bits per heavy atom. The Bertz CT molecular complexity index is 916. The van der Waals surface area contributed by atoms with Crippen molar-refractivity contribution >= 4 is 34.6 Å². The van der Waals surface area contributed by atoms with Gasteiger partial charge in [0.1, 0.15) is 6.17 Å². The first-order chi connectivity index (χ1) is 13.0. The molecule has 140 valence electrons. The minimum atomic E-state index is -0.398. The number of benzene rings is 2. The molecule has 0 amide bonds. The van der Waals surface area contributed by atoms with Crippen molar-refractivity contribution < 1.29 is 9.66 Å². The van der Waals surface area contributed by atoms with E-state index in [2.05, 4.69) is 10.2 Å². The normalized spacial score (nSPS) is 23.1. The van der Waals surface area contributed by atoms with E-state index in [0.717, 1.165) is 16.9 Å². The number of ether oxygens (including phenoxy) is 1. The summed E-state index contributed by atoms with van der Waals surface area (Å²) in [6.07, 6.45) is -0.176. The van der Waals surface area contributed by atoms with Gasteiger partial charge < -0.3 is 15.0 Å². The third-order valence-corrected chi connectivity index (χ3v) is 5.28. The second kappa shape index (κ2) is 6.74. The van der Waals surface area contributed by atoms with Crippen LogP contribution >= 0.6 is 11.6 Å². The van der Waals surface area contributed by atoms with Crippen LogP contribution in [0.4, 0.5) is 17.1 Å². The number of likely N-dealkylation sites (N-methyl/N-ethyl adjacent to an activating group) is 1. The van der Waals surface area contributed by atoms with Crippen LogP contribution in [0.5, 0.6) is 0 Å². The van der Waals surface area contributed by atoms with Gasteiger partial charge in [-0.2, -0.15) is 0 Å². The van der Waals surface area contributed by atoms with Crippen LogP contribution < -0.4 is 10.2 Å². The summed E-state index contributed by atoms with van der Waals surface area (Å²) in [7, 11) is 2.01. The third kappa shape index (κ3) is 2.98. The molecule has 8 heteroatoms. The molecule has 0 saturated heterocycles. The number of hydrogen-bond acceptors (Lipinski definition) is 6. The van der Waals surface area contributed by atoms with Gasteiger partial charge in [0.15, 0.2) is 5.90 Å². The second-order valence-corrected chi connectivity index (χ2v) is 7.02. The minimum absolute atomic E-state index is 0.0287. The molecule has 2 aliphatic rings. The molecule has 2 aromatic rings. The predicted molar refractivity (Wildman–Crippen MR) is 106 cm³/mol. The van der Waals surface area contributed by atoms with E-state index in [1.807, 2.05) is 32.2 Å². The molecule has 0 aromatic heterocycles. The van der Waals surface area contributed by atoms with Crippen LogP contribution in [0.2, 0.25) is 5.02 Å². The fourth-order valence-electron chi connectivity index (χ4n) is 3.83. The number of hydrogen-bond donors (Lipinski definition) is 1. The monoisotopic (exact) mass is 386 g/mol. The molecule has 0 fully saturated rings. The number of non-ortho nitro benzene ring substituents is 1. The van der Waals surface area contributed by atoms with Gasteiger partial charge in [0.2, 0.25) is 0 Å². The van der Waals surface area contributed by atoms with Crippen molar-refractivity contribution in [2.45, 2.75) is 25.0 Å². The highest BCUT2D eigenvalue weighted by molar-refractivity contribution is 6.31. The lowest BCUT2D eigenvalue weighted by atomic mass is 9.89. The molecule has 0 aliphatic carbocycles. The SMILES string of the molecule is CCOC1=N[C@@H]2Nc3ccc(Cl)cc3N(C)[C@H]2[C@H]1c1ccc([N+](=O)[O-])cc1. The molecule has 0 bridgehead atoms. The zero-order valence-corrected chi connectivity index (χ0v) is 15.7. The van der Waals surface area contributed by atoms with E-state index in [-0.39, 0.29) is 23.8 Å². The third-order valence-electron chi connectivity index (χ3n) is 5.04. The average Bonchev–Trinajstić information content (AvgIpc) is 3.01. The van der Waals surface area contributed by atoms with Gasteiger partial charge in [-0.3, -0.25) is 10.1 Å². The highest BCUT2D eigenvalue weighted by Crippen LogP contribution is 2.43. The number of fused-ring (bicyclic) bond motifs is 2. The number of aliphatic imine (C=N–C) groups is 1. The average molecular weight is 387 g/mol. The van der Waals surface area contributed by atoms with Crippen molar-refractivity contribution in [3.05, 3.63) is 63.2 Å². The Morgan fingerprint density at radius 2 is 2.04 bits per heavy atom. The highest BCUT2D eigenvalue weighted by Gasteiger charge is 2.46. The summed E-state index contributed by atoms with van der Waals surface area (Å²) in [5.74, 6) is 0.500. The maximum atomic E-state index is 11.0. The van der Waals surface area contributed by atoms with Crippen molar-refractivity contribution in [1.29, 1.82) is 0 Å². The molecule has 4 rings (SSSR count). The summed E-state index contributed by atoms with van der Waals surface area (Å²) in [5.41, 5.74) is 2.95. The molecule has 0 radical (unpaired) electrons. The number of nitro benzene ring substituents is 1. The zero-order chi connectivity index (χ0) is 19.1. The quantitative estimate of drug-likeness (QED) is 0.636. The van der Waals surface area contributed by atoms with Crippen LogP contribution in [0, 0.1) is 10.1 Å². The topological polar surface area (TPSA) is 80.0 Å². The van der Waals surface area contributed by atoms with Gasteiger partial charge in [-0.15, -0.1) is 0 Å².